The number of carbonyl (C=O) groups is 5. The van der Waals surface area contributed by atoms with Gasteiger partial charge in [0.25, 0.3) is 0 Å². The van der Waals surface area contributed by atoms with Crippen molar-refractivity contribution in [2.45, 2.75) is 57.5 Å². The summed E-state index contributed by atoms with van der Waals surface area (Å²) in [5, 5.41) is 37.5. The zero-order valence-electron chi connectivity index (χ0n) is 25.3. The van der Waals surface area contributed by atoms with Crippen LogP contribution < -0.4 is 5.32 Å². The van der Waals surface area contributed by atoms with Crippen molar-refractivity contribution < 1.29 is 52.9 Å². The average molecular weight is 642 g/mol. The lowest BCUT2D eigenvalue weighted by Gasteiger charge is -2.53. The smallest absolute Gasteiger partial charge is 0.357 e. The van der Waals surface area contributed by atoms with Crippen LogP contribution in [0.5, 0.6) is 5.75 Å². The van der Waals surface area contributed by atoms with Gasteiger partial charge in [0.15, 0.2) is 34.5 Å². The first kappa shape index (κ1) is 32.8. The molecule has 5 rings (SSSR count). The maximum atomic E-state index is 14.1. The lowest BCUT2D eigenvalue weighted by Crippen LogP contribution is -2.72. The van der Waals surface area contributed by atoms with E-state index < -0.39 is 95.8 Å². The molecule has 2 aromatic carbocycles. The van der Waals surface area contributed by atoms with Gasteiger partial charge in [-0.25, -0.2) is 0 Å². The molecule has 0 radical (unpaired) electrons. The number of Topliss-reactive ketones (excluding diaryl/α,β-unsaturated/α-hetero) is 5. The third kappa shape index (κ3) is 4.99. The molecule has 0 amide bonds. The molecule has 8 atom stereocenters. The van der Waals surface area contributed by atoms with Crippen molar-refractivity contribution in [3.63, 3.8) is 0 Å². The molecule has 2 fully saturated rings. The van der Waals surface area contributed by atoms with Gasteiger partial charge in [0.2, 0.25) is 0 Å². The van der Waals surface area contributed by atoms with Gasteiger partial charge < -0.3 is 29.7 Å². The highest BCUT2D eigenvalue weighted by Crippen LogP contribution is 2.62. The monoisotopic (exact) mass is 641 g/mol. The van der Waals surface area contributed by atoms with Crippen LogP contribution in [0.2, 0.25) is 0 Å². The summed E-state index contributed by atoms with van der Waals surface area (Å²) < 4.78 is 25.1. The van der Waals surface area contributed by atoms with Gasteiger partial charge in [0.1, 0.15) is 17.5 Å². The fourth-order valence-corrected chi connectivity index (χ4v) is 9.20. The average Bonchev–Trinajstić information content (AvgIpc) is 2.99. The number of nitrogens with one attached hydrogen (secondary N) is 1. The summed E-state index contributed by atoms with van der Waals surface area (Å²) in [6.45, 7) is 6.04. The third-order valence-electron chi connectivity index (χ3n) is 9.32. The molecule has 2 saturated carbocycles. The van der Waals surface area contributed by atoms with Gasteiger partial charge in [-0.3, -0.25) is 28.5 Å². The number of fused-ring (bicyclic) bond motifs is 3. The minimum Gasteiger partial charge on any atom is -0.505 e. The molecule has 4 N–H and O–H groups in total. The van der Waals surface area contributed by atoms with Crippen LogP contribution in [0, 0.1) is 23.7 Å². The van der Waals surface area contributed by atoms with Crippen molar-refractivity contribution in [1.82, 2.24) is 0 Å². The predicted molar refractivity (Wildman–Crippen MR) is 160 cm³/mol. The van der Waals surface area contributed by atoms with E-state index in [1.165, 1.54) is 12.1 Å². The quantitative estimate of drug-likeness (QED) is 0.178. The molecular weight excluding hydrogens is 605 g/mol. The second-order valence-corrected chi connectivity index (χ2v) is 13.9. The van der Waals surface area contributed by atoms with Crippen LogP contribution in [-0.4, -0.2) is 69.2 Å². The lowest BCUT2D eigenvalue weighted by atomic mass is 9.50. The van der Waals surface area contributed by atoms with Crippen LogP contribution in [-0.2, 0) is 32.8 Å². The van der Waals surface area contributed by atoms with Crippen molar-refractivity contribution in [3.8, 4) is 5.75 Å². The number of ketones is 5. The molecule has 3 aliphatic carbocycles. The molecule has 0 saturated heterocycles. The maximum absolute atomic E-state index is 14.1. The van der Waals surface area contributed by atoms with E-state index >= 15 is 0 Å². The molecule has 2 aromatic rings. The highest BCUT2D eigenvalue weighted by atomic mass is 31.2. The Bertz CT molecular complexity index is 1610. The molecular formula is C32H36NO11P. The summed E-state index contributed by atoms with van der Waals surface area (Å²) in [5.74, 6) is -13.9. The first-order valence-corrected chi connectivity index (χ1v) is 16.5. The van der Waals surface area contributed by atoms with Crippen LogP contribution in [0.4, 0.5) is 5.69 Å². The van der Waals surface area contributed by atoms with E-state index in [-0.39, 0.29) is 24.5 Å². The van der Waals surface area contributed by atoms with Crippen LogP contribution >= 0.6 is 7.60 Å². The van der Waals surface area contributed by atoms with E-state index in [4.69, 9.17) is 9.05 Å². The standard InChI is InChI=1S/C32H36NO11P/c1-5-43-45(42,44-6-2)31(17-10-8-7-9-11-17)33-20-13-12-18-15(3)22-25(28(38)24(18)27(20)37)30(40)32(41)19(26(22)36)14-21(35)23(16(4)34)29(32)39/h7-13,15,19,22-23,25-26,31,33,36-37,41H,5-6,14H2,1-4H3. The number of aliphatic hydroxyl groups excluding tert-OH is 1. The molecule has 12 nitrogen and oxygen atoms in total. The number of benzene rings is 2. The summed E-state index contributed by atoms with van der Waals surface area (Å²) >= 11 is 0. The van der Waals surface area contributed by atoms with E-state index in [0.29, 0.717) is 11.1 Å². The lowest BCUT2D eigenvalue weighted by molar-refractivity contribution is -0.189. The Hall–Kier alpha value is -3.54. The second kappa shape index (κ2) is 12.0. The maximum Gasteiger partial charge on any atom is 0.357 e. The number of hydrogen-bond donors (Lipinski definition) is 4. The number of carbonyl (C=O) groups excluding carboxylic acids is 5. The van der Waals surface area contributed by atoms with Gasteiger partial charge in [-0.15, -0.1) is 0 Å². The summed E-state index contributed by atoms with van der Waals surface area (Å²) in [5.41, 5.74) is -2.44. The molecule has 0 bridgehead atoms. The van der Waals surface area contributed by atoms with Gasteiger partial charge in [-0.2, -0.15) is 0 Å². The van der Waals surface area contributed by atoms with E-state index in [1.807, 2.05) is 0 Å². The summed E-state index contributed by atoms with van der Waals surface area (Å²) in [7, 11) is -3.91. The highest BCUT2D eigenvalue weighted by Gasteiger charge is 2.69. The van der Waals surface area contributed by atoms with Gasteiger partial charge in [0.05, 0.1) is 36.5 Å². The van der Waals surface area contributed by atoms with E-state index in [0.717, 1.165) is 6.92 Å². The first-order valence-electron chi connectivity index (χ1n) is 14.9. The number of hydrogen-bond acceptors (Lipinski definition) is 12. The number of anilines is 1. The largest absolute Gasteiger partial charge is 0.505 e. The minimum absolute atomic E-state index is 0.0300. The number of aromatic hydroxyl groups is 1. The molecule has 0 aliphatic heterocycles. The van der Waals surface area contributed by atoms with Gasteiger partial charge >= 0.3 is 7.60 Å². The molecule has 0 aromatic heterocycles. The van der Waals surface area contributed by atoms with E-state index in [9.17, 15) is 43.9 Å². The van der Waals surface area contributed by atoms with Gasteiger partial charge in [0, 0.05) is 18.3 Å². The number of aliphatic hydroxyl groups is 2. The van der Waals surface area contributed by atoms with E-state index in [1.54, 1.807) is 51.1 Å². The summed E-state index contributed by atoms with van der Waals surface area (Å²) in [6, 6.07) is 11.6. The van der Waals surface area contributed by atoms with Crippen molar-refractivity contribution >= 4 is 42.2 Å². The van der Waals surface area contributed by atoms with Gasteiger partial charge in [-0.1, -0.05) is 43.3 Å². The Labute approximate surface area is 259 Å². The van der Waals surface area contributed by atoms with Crippen LogP contribution in [0.1, 0.15) is 67.3 Å². The molecule has 3 aliphatic rings. The van der Waals surface area contributed by atoms with Crippen molar-refractivity contribution in [3.05, 3.63) is 59.2 Å². The zero-order chi connectivity index (χ0) is 33.0. The van der Waals surface area contributed by atoms with Crippen LogP contribution in [0.3, 0.4) is 0 Å². The normalized spacial score (nSPS) is 30.3. The zero-order valence-corrected chi connectivity index (χ0v) is 26.2. The van der Waals surface area contributed by atoms with Crippen molar-refractivity contribution in [1.29, 1.82) is 0 Å². The Morgan fingerprint density at radius 2 is 1.67 bits per heavy atom. The predicted octanol–water partition coefficient (Wildman–Crippen LogP) is 3.34. The van der Waals surface area contributed by atoms with Crippen molar-refractivity contribution in [2.75, 3.05) is 18.5 Å². The minimum atomic E-state index is -3.91. The SMILES string of the molecule is CCOP(=O)(OCC)C(Nc1ccc2c(c1O)C(=O)C1C(=O)C3(O)C(=O)C(C(C)=O)C(=O)CC3C(O)C1C2C)c1ccccc1. The summed E-state index contributed by atoms with van der Waals surface area (Å²) in [6.07, 6.45) is -2.22. The molecule has 45 heavy (non-hydrogen) atoms. The molecule has 8 unspecified atom stereocenters. The fraction of sp³-hybridized carbons (Fsp3) is 0.469. The molecule has 0 spiro atoms. The van der Waals surface area contributed by atoms with Crippen LogP contribution in [0.15, 0.2) is 42.5 Å². The Balaban J connectivity index is 1.60. The molecule has 0 heterocycles. The van der Waals surface area contributed by atoms with E-state index in [2.05, 4.69) is 5.32 Å². The van der Waals surface area contributed by atoms with Gasteiger partial charge in [-0.05, 0) is 43.9 Å². The fourth-order valence-electron chi connectivity index (χ4n) is 7.27. The topological polar surface area (TPSA) is 194 Å². The summed E-state index contributed by atoms with van der Waals surface area (Å²) in [4.78, 5) is 66.2. The Kier molecular flexibility index (Phi) is 8.76. The van der Waals surface area contributed by atoms with Crippen LogP contribution in [0.25, 0.3) is 0 Å². The first-order chi connectivity index (χ1) is 21.2. The number of phenols is 1. The number of rotatable bonds is 9. The Morgan fingerprint density at radius 1 is 1.04 bits per heavy atom. The highest BCUT2D eigenvalue weighted by molar-refractivity contribution is 7.54. The van der Waals surface area contributed by atoms with Crippen molar-refractivity contribution in [2.24, 2.45) is 23.7 Å². The Morgan fingerprint density at radius 3 is 2.24 bits per heavy atom. The second-order valence-electron chi connectivity index (χ2n) is 11.8. The third-order valence-corrected chi connectivity index (χ3v) is 11.6. The number of phenolic OH excluding ortho intramolecular Hbond substituents is 1. The molecule has 13 heteroatoms. The molecule has 240 valence electrons.